The number of halogens is 1. The quantitative estimate of drug-likeness (QED) is 0.522. The molecule has 2 aromatic carbocycles. The number of benzene rings is 2. The predicted molar refractivity (Wildman–Crippen MR) is 103 cm³/mol. The van der Waals surface area contributed by atoms with Crippen LogP contribution in [0.1, 0.15) is 18.1 Å². The molecule has 0 saturated heterocycles. The summed E-state index contributed by atoms with van der Waals surface area (Å²) in [7, 11) is 1.58. The van der Waals surface area contributed by atoms with Crippen LogP contribution in [-0.2, 0) is 13.0 Å². The number of phenolic OH excluding ortho intramolecular Hbond substituents is 1. The van der Waals surface area contributed by atoms with E-state index in [1.807, 2.05) is 43.3 Å². The molecule has 0 spiro atoms. The zero-order valence-corrected chi connectivity index (χ0v) is 15.3. The fraction of sp³-hybridized carbons (Fsp3) is 0.316. The molecule has 0 atom stereocenters. The van der Waals surface area contributed by atoms with Crippen molar-refractivity contribution in [2.24, 2.45) is 4.99 Å². The first-order chi connectivity index (χ1) is 12.1. The third-order valence-corrected chi connectivity index (χ3v) is 4.06. The summed E-state index contributed by atoms with van der Waals surface area (Å²) in [5.74, 6) is 1.60. The molecule has 6 heteroatoms. The minimum absolute atomic E-state index is 0.235. The Morgan fingerprint density at radius 3 is 2.64 bits per heavy atom. The highest BCUT2D eigenvalue weighted by Crippen LogP contribution is 2.23. The molecule has 134 valence electrons. The lowest BCUT2D eigenvalue weighted by atomic mass is 10.1. The van der Waals surface area contributed by atoms with Crippen LogP contribution in [0.4, 0.5) is 0 Å². The average molecular weight is 362 g/mol. The summed E-state index contributed by atoms with van der Waals surface area (Å²) in [4.78, 5) is 4.55. The van der Waals surface area contributed by atoms with Crippen molar-refractivity contribution in [1.82, 2.24) is 10.6 Å². The van der Waals surface area contributed by atoms with Gasteiger partial charge in [-0.05, 0) is 36.6 Å². The highest BCUT2D eigenvalue weighted by molar-refractivity contribution is 6.31. The van der Waals surface area contributed by atoms with E-state index in [0.29, 0.717) is 30.3 Å². The molecule has 0 aliphatic carbocycles. The number of aromatic hydroxyl groups is 1. The van der Waals surface area contributed by atoms with Gasteiger partial charge in [0, 0.05) is 24.2 Å². The Kier molecular flexibility index (Phi) is 7.41. The van der Waals surface area contributed by atoms with Crippen LogP contribution >= 0.6 is 11.6 Å². The number of guanidine groups is 1. The number of ether oxygens (including phenoxy) is 1. The van der Waals surface area contributed by atoms with Crippen molar-refractivity contribution in [3.8, 4) is 11.5 Å². The number of hydrogen-bond donors (Lipinski definition) is 3. The lowest BCUT2D eigenvalue weighted by Crippen LogP contribution is -2.38. The van der Waals surface area contributed by atoms with Gasteiger partial charge < -0.3 is 20.5 Å². The van der Waals surface area contributed by atoms with Gasteiger partial charge in [-0.1, -0.05) is 35.9 Å². The van der Waals surface area contributed by atoms with E-state index in [4.69, 9.17) is 16.3 Å². The smallest absolute Gasteiger partial charge is 0.191 e. The number of methoxy groups -OCH3 is 1. The van der Waals surface area contributed by atoms with Gasteiger partial charge in [0.15, 0.2) is 5.96 Å². The molecule has 2 aromatic rings. The van der Waals surface area contributed by atoms with Crippen molar-refractivity contribution in [2.75, 3.05) is 20.2 Å². The minimum atomic E-state index is 0.235. The SMILES string of the molecule is CCNC(=NCc1ccccc1Cl)NCCc1ccc(OC)cc1O. The Labute approximate surface area is 153 Å². The van der Waals surface area contributed by atoms with Crippen molar-refractivity contribution in [3.63, 3.8) is 0 Å². The molecule has 0 aliphatic rings. The van der Waals surface area contributed by atoms with Crippen LogP contribution in [0.5, 0.6) is 11.5 Å². The number of nitrogens with one attached hydrogen (secondary N) is 2. The third-order valence-electron chi connectivity index (χ3n) is 3.69. The van der Waals surface area contributed by atoms with Crippen molar-refractivity contribution < 1.29 is 9.84 Å². The summed E-state index contributed by atoms with van der Waals surface area (Å²) in [5, 5.41) is 17.2. The van der Waals surface area contributed by atoms with Gasteiger partial charge in [0.2, 0.25) is 0 Å². The zero-order chi connectivity index (χ0) is 18.1. The van der Waals surface area contributed by atoms with Gasteiger partial charge in [0.05, 0.1) is 13.7 Å². The number of phenols is 1. The number of hydrogen-bond acceptors (Lipinski definition) is 3. The molecule has 0 aliphatic heterocycles. The second-order valence-corrected chi connectivity index (χ2v) is 5.87. The van der Waals surface area contributed by atoms with Gasteiger partial charge >= 0.3 is 0 Å². The summed E-state index contributed by atoms with van der Waals surface area (Å²) in [6.07, 6.45) is 0.673. The first-order valence-corrected chi connectivity index (χ1v) is 8.63. The molecule has 3 N–H and O–H groups in total. The molecule has 0 unspecified atom stereocenters. The van der Waals surface area contributed by atoms with Crippen molar-refractivity contribution in [1.29, 1.82) is 0 Å². The molecular weight excluding hydrogens is 338 g/mol. The van der Waals surface area contributed by atoms with Crippen molar-refractivity contribution >= 4 is 17.6 Å². The van der Waals surface area contributed by atoms with E-state index in [0.717, 1.165) is 23.6 Å². The lowest BCUT2D eigenvalue weighted by Gasteiger charge is -2.12. The molecule has 0 fully saturated rings. The summed E-state index contributed by atoms with van der Waals surface area (Å²) in [6, 6.07) is 13.0. The normalized spacial score (nSPS) is 11.2. The Balaban J connectivity index is 1.93. The maximum atomic E-state index is 10.0. The predicted octanol–water partition coefficient (Wildman–Crippen LogP) is 3.35. The van der Waals surface area contributed by atoms with Gasteiger partial charge in [-0.2, -0.15) is 0 Å². The summed E-state index contributed by atoms with van der Waals surface area (Å²) < 4.78 is 5.09. The van der Waals surface area contributed by atoms with E-state index in [2.05, 4.69) is 15.6 Å². The standard InChI is InChI=1S/C19H24ClN3O2/c1-3-21-19(23-13-15-6-4-5-7-17(15)20)22-11-10-14-8-9-16(25-2)12-18(14)24/h4-9,12,24H,3,10-11,13H2,1-2H3,(H2,21,22,23). The first-order valence-electron chi connectivity index (χ1n) is 8.25. The van der Waals surface area contributed by atoms with Crippen molar-refractivity contribution in [3.05, 3.63) is 58.6 Å². The topological polar surface area (TPSA) is 65.9 Å². The second kappa shape index (κ2) is 9.79. The van der Waals surface area contributed by atoms with E-state index in [-0.39, 0.29) is 5.75 Å². The van der Waals surface area contributed by atoms with E-state index >= 15 is 0 Å². The average Bonchev–Trinajstić information content (AvgIpc) is 2.62. The fourth-order valence-electron chi connectivity index (χ4n) is 2.33. The molecule has 0 heterocycles. The van der Waals surface area contributed by atoms with Gasteiger partial charge in [-0.25, -0.2) is 4.99 Å². The summed E-state index contributed by atoms with van der Waals surface area (Å²) in [6.45, 7) is 3.93. The van der Waals surface area contributed by atoms with Crippen LogP contribution in [0.3, 0.4) is 0 Å². The Morgan fingerprint density at radius 2 is 1.96 bits per heavy atom. The zero-order valence-electron chi connectivity index (χ0n) is 14.6. The minimum Gasteiger partial charge on any atom is -0.508 e. The van der Waals surface area contributed by atoms with E-state index in [1.54, 1.807) is 13.2 Å². The molecule has 0 saturated carbocycles. The summed E-state index contributed by atoms with van der Waals surface area (Å²) >= 11 is 6.16. The number of aliphatic imine (C=N–C) groups is 1. The van der Waals surface area contributed by atoms with Gasteiger partial charge in [0.1, 0.15) is 11.5 Å². The highest BCUT2D eigenvalue weighted by Gasteiger charge is 2.04. The Morgan fingerprint density at radius 1 is 1.16 bits per heavy atom. The Hall–Kier alpha value is -2.40. The van der Waals surface area contributed by atoms with Gasteiger partial charge in [-0.3, -0.25) is 0 Å². The monoisotopic (exact) mass is 361 g/mol. The van der Waals surface area contributed by atoms with Crippen LogP contribution in [0.15, 0.2) is 47.5 Å². The fourth-order valence-corrected chi connectivity index (χ4v) is 2.53. The van der Waals surface area contributed by atoms with Crippen LogP contribution in [-0.4, -0.2) is 31.3 Å². The molecule has 0 aromatic heterocycles. The molecular formula is C19H24ClN3O2. The maximum Gasteiger partial charge on any atom is 0.191 e. The first kappa shape index (κ1) is 18.9. The molecule has 5 nitrogen and oxygen atoms in total. The van der Waals surface area contributed by atoms with Crippen molar-refractivity contribution in [2.45, 2.75) is 19.9 Å². The van der Waals surface area contributed by atoms with E-state index in [9.17, 15) is 5.11 Å². The molecule has 2 rings (SSSR count). The van der Waals surface area contributed by atoms with E-state index in [1.165, 1.54) is 0 Å². The highest BCUT2D eigenvalue weighted by atomic mass is 35.5. The molecule has 0 radical (unpaired) electrons. The van der Waals surface area contributed by atoms with Gasteiger partial charge in [-0.15, -0.1) is 0 Å². The van der Waals surface area contributed by atoms with Crippen LogP contribution in [0.25, 0.3) is 0 Å². The van der Waals surface area contributed by atoms with Crippen LogP contribution < -0.4 is 15.4 Å². The number of rotatable bonds is 7. The van der Waals surface area contributed by atoms with Crippen LogP contribution in [0, 0.1) is 0 Å². The van der Waals surface area contributed by atoms with E-state index < -0.39 is 0 Å². The van der Waals surface area contributed by atoms with Gasteiger partial charge in [0.25, 0.3) is 0 Å². The third kappa shape index (κ3) is 5.87. The largest absolute Gasteiger partial charge is 0.508 e. The molecule has 0 amide bonds. The second-order valence-electron chi connectivity index (χ2n) is 5.46. The molecule has 0 bridgehead atoms. The summed E-state index contributed by atoms with van der Waals surface area (Å²) in [5.41, 5.74) is 1.84. The Bertz CT molecular complexity index is 720. The number of nitrogens with zero attached hydrogens (tertiary/aromatic N) is 1. The maximum absolute atomic E-state index is 10.0. The van der Waals surface area contributed by atoms with Crippen LogP contribution in [0.2, 0.25) is 5.02 Å². The lowest BCUT2D eigenvalue weighted by molar-refractivity contribution is 0.406. The molecule has 25 heavy (non-hydrogen) atoms.